The summed E-state index contributed by atoms with van der Waals surface area (Å²) in [6, 6.07) is 2.16. The van der Waals surface area contributed by atoms with Gasteiger partial charge in [-0.05, 0) is 24.3 Å². The van der Waals surface area contributed by atoms with Crippen LogP contribution in [0.5, 0.6) is 0 Å². The molecule has 17 heavy (non-hydrogen) atoms. The van der Waals surface area contributed by atoms with Crippen LogP contribution in [0.2, 0.25) is 0 Å². The Kier molecular flexibility index (Phi) is 2.60. The number of nitrogens with one attached hydrogen (secondary N) is 1. The molecule has 0 bridgehead atoms. The van der Waals surface area contributed by atoms with Gasteiger partial charge in [-0.15, -0.1) is 11.3 Å². The number of piperidine rings is 1. The zero-order valence-electron chi connectivity index (χ0n) is 9.35. The normalized spacial score (nSPS) is 17.8. The molecule has 0 aliphatic carbocycles. The summed E-state index contributed by atoms with van der Waals surface area (Å²) in [4.78, 5) is 21.3. The number of thiophene rings is 1. The summed E-state index contributed by atoms with van der Waals surface area (Å²) in [5.74, 6) is 0.674. The number of anilines is 1. The highest BCUT2D eigenvalue weighted by Crippen LogP contribution is 2.19. The first-order valence-electron chi connectivity index (χ1n) is 5.72. The molecule has 3 rings (SSSR count). The van der Waals surface area contributed by atoms with E-state index in [1.54, 1.807) is 0 Å². The van der Waals surface area contributed by atoms with Crippen molar-refractivity contribution in [3.63, 3.8) is 0 Å². The quantitative estimate of drug-likeness (QED) is 0.789. The van der Waals surface area contributed by atoms with E-state index in [0.29, 0.717) is 10.6 Å². The molecule has 0 spiro atoms. The predicted molar refractivity (Wildman–Crippen MR) is 69.7 cm³/mol. The summed E-state index contributed by atoms with van der Waals surface area (Å²) in [6.45, 7) is 1.72. The van der Waals surface area contributed by atoms with Crippen LogP contribution in [0.4, 0.5) is 5.95 Å². The standard InChI is InChI=1S/C11H14N4OS/c12-7-1-4-15(5-2-7)11-13-8-3-6-17-9(8)10(16)14-11/h3,6-7H,1-2,4-5,12H2,(H,13,14,16). The third-order valence-electron chi connectivity index (χ3n) is 3.14. The zero-order valence-corrected chi connectivity index (χ0v) is 10.2. The van der Waals surface area contributed by atoms with Crippen LogP contribution >= 0.6 is 11.3 Å². The number of nitrogens with two attached hydrogens (primary N) is 1. The third-order valence-corrected chi connectivity index (χ3v) is 4.04. The van der Waals surface area contributed by atoms with E-state index in [2.05, 4.69) is 14.9 Å². The maximum atomic E-state index is 11.8. The monoisotopic (exact) mass is 250 g/mol. The Labute approximate surface area is 102 Å². The molecular formula is C11H14N4OS. The van der Waals surface area contributed by atoms with Gasteiger partial charge < -0.3 is 10.6 Å². The number of hydrogen-bond acceptors (Lipinski definition) is 5. The fourth-order valence-corrected chi connectivity index (χ4v) is 2.85. The summed E-state index contributed by atoms with van der Waals surface area (Å²) >= 11 is 1.42. The Morgan fingerprint density at radius 1 is 1.47 bits per heavy atom. The van der Waals surface area contributed by atoms with Crippen molar-refractivity contribution in [3.8, 4) is 0 Å². The van der Waals surface area contributed by atoms with Gasteiger partial charge >= 0.3 is 0 Å². The van der Waals surface area contributed by atoms with E-state index in [9.17, 15) is 4.79 Å². The van der Waals surface area contributed by atoms with Gasteiger partial charge in [0.15, 0.2) is 0 Å². The van der Waals surface area contributed by atoms with E-state index < -0.39 is 0 Å². The van der Waals surface area contributed by atoms with Crippen LogP contribution in [0.1, 0.15) is 12.8 Å². The highest BCUT2D eigenvalue weighted by atomic mass is 32.1. The molecular weight excluding hydrogens is 236 g/mol. The second kappa shape index (κ2) is 4.12. The van der Waals surface area contributed by atoms with E-state index in [1.807, 2.05) is 11.4 Å². The third kappa shape index (κ3) is 1.94. The molecule has 5 nitrogen and oxygen atoms in total. The van der Waals surface area contributed by atoms with Crippen LogP contribution in [-0.2, 0) is 0 Å². The minimum Gasteiger partial charge on any atom is -0.342 e. The van der Waals surface area contributed by atoms with Crippen LogP contribution in [0, 0.1) is 0 Å². The average Bonchev–Trinajstić information content (AvgIpc) is 2.78. The van der Waals surface area contributed by atoms with E-state index in [4.69, 9.17) is 5.73 Å². The largest absolute Gasteiger partial charge is 0.342 e. The van der Waals surface area contributed by atoms with Gasteiger partial charge in [0.1, 0.15) is 4.70 Å². The molecule has 1 fully saturated rings. The molecule has 3 heterocycles. The molecule has 0 unspecified atom stereocenters. The molecule has 0 amide bonds. The topological polar surface area (TPSA) is 75.0 Å². The lowest BCUT2D eigenvalue weighted by atomic mass is 10.1. The maximum absolute atomic E-state index is 11.8. The zero-order chi connectivity index (χ0) is 11.8. The van der Waals surface area contributed by atoms with E-state index in [-0.39, 0.29) is 11.6 Å². The SMILES string of the molecule is NC1CCN(c2nc3ccsc3c(=O)[nH]2)CC1. The van der Waals surface area contributed by atoms with Gasteiger partial charge in [-0.1, -0.05) is 0 Å². The van der Waals surface area contributed by atoms with Crippen molar-refractivity contribution in [2.45, 2.75) is 18.9 Å². The molecule has 1 aliphatic rings. The maximum Gasteiger partial charge on any atom is 0.270 e. The van der Waals surface area contributed by atoms with Gasteiger partial charge in [0, 0.05) is 19.1 Å². The van der Waals surface area contributed by atoms with E-state index >= 15 is 0 Å². The number of aromatic amines is 1. The second-order valence-corrected chi connectivity index (χ2v) is 5.27. The number of aromatic nitrogens is 2. The van der Waals surface area contributed by atoms with Gasteiger partial charge in [0.05, 0.1) is 5.52 Å². The lowest BCUT2D eigenvalue weighted by molar-refractivity contribution is 0.496. The number of H-pyrrole nitrogens is 1. The Balaban J connectivity index is 1.97. The van der Waals surface area contributed by atoms with Crippen molar-refractivity contribution < 1.29 is 0 Å². The van der Waals surface area contributed by atoms with Crippen molar-refractivity contribution in [2.75, 3.05) is 18.0 Å². The van der Waals surface area contributed by atoms with Crippen LogP contribution in [-0.4, -0.2) is 29.1 Å². The molecule has 6 heteroatoms. The fourth-order valence-electron chi connectivity index (χ4n) is 2.12. The molecule has 0 atom stereocenters. The highest BCUT2D eigenvalue weighted by Gasteiger charge is 2.18. The van der Waals surface area contributed by atoms with Crippen LogP contribution in [0.15, 0.2) is 16.2 Å². The molecule has 0 radical (unpaired) electrons. The predicted octanol–water partition coefficient (Wildman–Crippen LogP) is 0.912. The van der Waals surface area contributed by atoms with Crippen molar-refractivity contribution in [2.24, 2.45) is 5.73 Å². The van der Waals surface area contributed by atoms with Crippen molar-refractivity contribution in [3.05, 3.63) is 21.8 Å². The summed E-state index contributed by atoms with van der Waals surface area (Å²) in [5.41, 5.74) is 6.60. The summed E-state index contributed by atoms with van der Waals surface area (Å²) in [5, 5.41) is 1.89. The minimum atomic E-state index is -0.0464. The first kappa shape index (κ1) is 10.7. The highest BCUT2D eigenvalue weighted by molar-refractivity contribution is 7.17. The van der Waals surface area contributed by atoms with Crippen molar-refractivity contribution in [1.29, 1.82) is 0 Å². The Hall–Kier alpha value is -1.40. The second-order valence-electron chi connectivity index (χ2n) is 4.35. The van der Waals surface area contributed by atoms with Gasteiger partial charge in [0.25, 0.3) is 5.56 Å². The molecule has 0 saturated carbocycles. The molecule has 2 aromatic heterocycles. The minimum absolute atomic E-state index is 0.0464. The number of fused-ring (bicyclic) bond motifs is 1. The first-order valence-corrected chi connectivity index (χ1v) is 6.60. The molecule has 0 aromatic carbocycles. The van der Waals surface area contributed by atoms with Gasteiger partial charge in [0.2, 0.25) is 5.95 Å². The molecule has 1 saturated heterocycles. The number of rotatable bonds is 1. The lowest BCUT2D eigenvalue weighted by Crippen LogP contribution is -2.41. The molecule has 1 aliphatic heterocycles. The van der Waals surface area contributed by atoms with Crippen LogP contribution in [0.3, 0.4) is 0 Å². The molecule has 3 N–H and O–H groups in total. The molecule has 2 aromatic rings. The molecule has 90 valence electrons. The summed E-state index contributed by atoms with van der Waals surface area (Å²) < 4.78 is 0.697. The fraction of sp³-hybridized carbons (Fsp3) is 0.455. The average molecular weight is 250 g/mol. The first-order chi connectivity index (χ1) is 8.24. The lowest BCUT2D eigenvalue weighted by Gasteiger charge is -2.30. The summed E-state index contributed by atoms with van der Waals surface area (Å²) in [7, 11) is 0. The Morgan fingerprint density at radius 3 is 3.00 bits per heavy atom. The smallest absolute Gasteiger partial charge is 0.270 e. The summed E-state index contributed by atoms with van der Waals surface area (Å²) in [6.07, 6.45) is 1.90. The van der Waals surface area contributed by atoms with Crippen LogP contribution < -0.4 is 16.2 Å². The van der Waals surface area contributed by atoms with Gasteiger partial charge in [-0.2, -0.15) is 0 Å². The Morgan fingerprint density at radius 2 is 2.24 bits per heavy atom. The van der Waals surface area contributed by atoms with Gasteiger partial charge in [-0.25, -0.2) is 4.98 Å². The van der Waals surface area contributed by atoms with E-state index in [1.165, 1.54) is 11.3 Å². The van der Waals surface area contributed by atoms with Gasteiger partial charge in [-0.3, -0.25) is 9.78 Å². The van der Waals surface area contributed by atoms with Crippen molar-refractivity contribution >= 4 is 27.5 Å². The van der Waals surface area contributed by atoms with E-state index in [0.717, 1.165) is 31.4 Å². The van der Waals surface area contributed by atoms with Crippen LogP contribution in [0.25, 0.3) is 10.2 Å². The Bertz CT molecular complexity index is 582. The number of hydrogen-bond donors (Lipinski definition) is 2. The van der Waals surface area contributed by atoms with Crippen molar-refractivity contribution in [1.82, 2.24) is 9.97 Å². The number of nitrogens with zero attached hydrogens (tertiary/aromatic N) is 2.